The molecule has 0 fully saturated rings. The van der Waals surface area contributed by atoms with E-state index in [4.69, 9.17) is 15.6 Å². The molecule has 0 unspecified atom stereocenters. The van der Waals surface area contributed by atoms with Crippen LogP contribution >= 0.6 is 0 Å². The Hall–Kier alpha value is -2.63. The lowest BCUT2D eigenvalue weighted by atomic mass is 10.1. The van der Waals surface area contributed by atoms with Crippen LogP contribution in [0.5, 0.6) is 5.75 Å². The zero-order valence-electron chi connectivity index (χ0n) is 10.9. The normalized spacial score (nSPS) is 11.1. The first kappa shape index (κ1) is 14.8. The highest BCUT2D eigenvalue weighted by atomic mass is 19.3. The Labute approximate surface area is 119 Å². The summed E-state index contributed by atoms with van der Waals surface area (Å²) in [5, 5.41) is 9.01. The number of hydrogen-bond acceptors (Lipinski definition) is 3. The number of anilines is 1. The number of nitrogens with two attached hydrogens (primary N) is 1. The van der Waals surface area contributed by atoms with Gasteiger partial charge in [0.2, 0.25) is 0 Å². The van der Waals surface area contributed by atoms with Crippen LogP contribution in [-0.4, -0.2) is 17.7 Å². The van der Waals surface area contributed by atoms with Gasteiger partial charge in [0.15, 0.2) is 12.4 Å². The van der Waals surface area contributed by atoms with E-state index in [-0.39, 0.29) is 22.6 Å². The summed E-state index contributed by atoms with van der Waals surface area (Å²) in [6.45, 7) is -0.995. The lowest BCUT2D eigenvalue weighted by Gasteiger charge is -2.19. The van der Waals surface area contributed by atoms with Gasteiger partial charge < -0.3 is 15.6 Å². The Balaban J connectivity index is 2.22. The molecule has 4 nitrogen and oxygen atoms in total. The van der Waals surface area contributed by atoms with Crippen molar-refractivity contribution in [3.05, 3.63) is 59.7 Å². The van der Waals surface area contributed by atoms with Crippen LogP contribution < -0.4 is 10.5 Å². The number of rotatable bonds is 5. The number of carboxylic acids is 1. The largest absolute Gasteiger partial charge is 0.484 e. The minimum Gasteiger partial charge on any atom is -0.484 e. The molecule has 0 aliphatic heterocycles. The van der Waals surface area contributed by atoms with Crippen molar-refractivity contribution in [3.8, 4) is 5.75 Å². The molecular weight excluding hydrogens is 280 g/mol. The van der Waals surface area contributed by atoms with E-state index in [1.54, 1.807) is 6.07 Å². The molecule has 0 saturated heterocycles. The average molecular weight is 293 g/mol. The lowest BCUT2D eigenvalue weighted by Crippen LogP contribution is -2.24. The van der Waals surface area contributed by atoms with E-state index in [0.717, 1.165) is 0 Å². The second kappa shape index (κ2) is 5.78. The van der Waals surface area contributed by atoms with E-state index in [1.807, 2.05) is 0 Å². The SMILES string of the molecule is Nc1cccc(C(=O)O)c1OCC(F)(F)c1ccccc1. The van der Waals surface area contributed by atoms with E-state index < -0.39 is 18.5 Å². The third-order valence-corrected chi connectivity index (χ3v) is 2.87. The highest BCUT2D eigenvalue weighted by Gasteiger charge is 2.33. The summed E-state index contributed by atoms with van der Waals surface area (Å²) in [5.74, 6) is -4.79. The molecule has 21 heavy (non-hydrogen) atoms. The van der Waals surface area contributed by atoms with Crippen LogP contribution in [0.15, 0.2) is 48.5 Å². The van der Waals surface area contributed by atoms with Gasteiger partial charge in [-0.3, -0.25) is 0 Å². The van der Waals surface area contributed by atoms with Crippen LogP contribution in [-0.2, 0) is 5.92 Å². The van der Waals surface area contributed by atoms with Crippen LogP contribution in [0.25, 0.3) is 0 Å². The Morgan fingerprint density at radius 2 is 1.81 bits per heavy atom. The molecule has 0 aliphatic rings. The number of benzene rings is 2. The van der Waals surface area contributed by atoms with E-state index in [0.29, 0.717) is 0 Å². The molecule has 6 heteroatoms. The molecule has 2 aromatic carbocycles. The first-order chi connectivity index (χ1) is 9.92. The van der Waals surface area contributed by atoms with Gasteiger partial charge in [-0.2, -0.15) is 8.78 Å². The fourth-order valence-corrected chi connectivity index (χ4v) is 1.81. The van der Waals surface area contributed by atoms with E-state index in [2.05, 4.69) is 0 Å². The third-order valence-electron chi connectivity index (χ3n) is 2.87. The molecule has 3 N–H and O–H groups in total. The van der Waals surface area contributed by atoms with Gasteiger partial charge in [0.25, 0.3) is 0 Å². The number of carbonyl (C=O) groups is 1. The molecule has 0 amide bonds. The van der Waals surface area contributed by atoms with Crippen LogP contribution in [0.4, 0.5) is 14.5 Å². The van der Waals surface area contributed by atoms with Gasteiger partial charge in [0.1, 0.15) is 5.56 Å². The summed E-state index contributed by atoms with van der Waals surface area (Å²) >= 11 is 0. The van der Waals surface area contributed by atoms with Crippen LogP contribution in [0, 0.1) is 0 Å². The van der Waals surface area contributed by atoms with Crippen molar-refractivity contribution < 1.29 is 23.4 Å². The van der Waals surface area contributed by atoms with Crippen LogP contribution in [0.3, 0.4) is 0 Å². The van der Waals surface area contributed by atoms with Gasteiger partial charge in [-0.25, -0.2) is 4.79 Å². The van der Waals surface area contributed by atoms with Crippen molar-refractivity contribution in [2.75, 3.05) is 12.3 Å². The highest BCUT2D eigenvalue weighted by molar-refractivity contribution is 5.93. The second-order valence-electron chi connectivity index (χ2n) is 4.39. The molecule has 0 aromatic heterocycles. The first-order valence-electron chi connectivity index (χ1n) is 6.10. The van der Waals surface area contributed by atoms with E-state index in [9.17, 15) is 13.6 Å². The minimum atomic E-state index is -3.25. The zero-order chi connectivity index (χ0) is 15.5. The van der Waals surface area contributed by atoms with Crippen LogP contribution in [0.1, 0.15) is 15.9 Å². The number of ether oxygens (including phenoxy) is 1. The molecule has 0 heterocycles. The van der Waals surface area contributed by atoms with Crippen molar-refractivity contribution in [2.24, 2.45) is 0 Å². The maximum Gasteiger partial charge on any atom is 0.339 e. The Morgan fingerprint density at radius 1 is 1.14 bits per heavy atom. The second-order valence-corrected chi connectivity index (χ2v) is 4.39. The van der Waals surface area contributed by atoms with Gasteiger partial charge in [-0.05, 0) is 12.1 Å². The number of aromatic carboxylic acids is 1. The average Bonchev–Trinajstić information content (AvgIpc) is 2.46. The standard InChI is InChI=1S/C15H13F2NO3/c16-15(17,10-5-2-1-3-6-10)9-21-13-11(14(19)20)7-4-8-12(13)18/h1-8H,9,18H2,(H,19,20). The third kappa shape index (κ3) is 3.28. The summed E-state index contributed by atoms with van der Waals surface area (Å²) in [5.41, 5.74) is 5.13. The molecular formula is C15H13F2NO3. The summed E-state index contributed by atoms with van der Waals surface area (Å²) in [6.07, 6.45) is 0. The molecule has 2 rings (SSSR count). The van der Waals surface area contributed by atoms with Crippen molar-refractivity contribution in [3.63, 3.8) is 0 Å². The van der Waals surface area contributed by atoms with Gasteiger partial charge >= 0.3 is 11.9 Å². The first-order valence-corrected chi connectivity index (χ1v) is 6.10. The molecule has 0 bridgehead atoms. The van der Waals surface area contributed by atoms with Gasteiger partial charge in [-0.15, -0.1) is 0 Å². The molecule has 0 radical (unpaired) electrons. The number of halogens is 2. The molecule has 0 spiro atoms. The summed E-state index contributed by atoms with van der Waals surface area (Å²) in [4.78, 5) is 11.0. The van der Waals surface area contributed by atoms with Crippen molar-refractivity contribution in [1.82, 2.24) is 0 Å². The van der Waals surface area contributed by atoms with E-state index in [1.165, 1.54) is 42.5 Å². The summed E-state index contributed by atoms with van der Waals surface area (Å²) in [6, 6.07) is 11.2. The highest BCUT2D eigenvalue weighted by Crippen LogP contribution is 2.32. The Morgan fingerprint density at radius 3 is 2.43 bits per heavy atom. The van der Waals surface area contributed by atoms with Crippen molar-refractivity contribution in [1.29, 1.82) is 0 Å². The lowest BCUT2D eigenvalue weighted by molar-refractivity contribution is -0.0467. The summed E-state index contributed by atoms with van der Waals surface area (Å²) in [7, 11) is 0. The molecule has 2 aromatic rings. The van der Waals surface area contributed by atoms with E-state index >= 15 is 0 Å². The van der Waals surface area contributed by atoms with Gasteiger partial charge in [-0.1, -0.05) is 36.4 Å². The maximum atomic E-state index is 14.0. The van der Waals surface area contributed by atoms with Crippen molar-refractivity contribution in [2.45, 2.75) is 5.92 Å². The molecule has 0 saturated carbocycles. The Kier molecular flexibility index (Phi) is 4.07. The van der Waals surface area contributed by atoms with Crippen LogP contribution in [0.2, 0.25) is 0 Å². The van der Waals surface area contributed by atoms with Gasteiger partial charge in [0.05, 0.1) is 5.69 Å². The number of carboxylic acid groups (broad SMARTS) is 1. The fourth-order valence-electron chi connectivity index (χ4n) is 1.81. The zero-order valence-corrected chi connectivity index (χ0v) is 10.9. The smallest absolute Gasteiger partial charge is 0.339 e. The predicted octanol–water partition coefficient (Wildman–Crippen LogP) is 3.14. The Bertz CT molecular complexity index is 645. The van der Waals surface area contributed by atoms with Gasteiger partial charge in [0, 0.05) is 5.56 Å². The topological polar surface area (TPSA) is 72.6 Å². The summed E-state index contributed by atoms with van der Waals surface area (Å²) < 4.78 is 33.0. The quantitative estimate of drug-likeness (QED) is 0.831. The maximum absolute atomic E-state index is 14.0. The number of hydrogen-bond donors (Lipinski definition) is 2. The predicted molar refractivity (Wildman–Crippen MR) is 73.6 cm³/mol. The monoisotopic (exact) mass is 293 g/mol. The number of para-hydroxylation sites is 1. The molecule has 0 atom stereocenters. The number of nitrogen functional groups attached to an aromatic ring is 1. The molecule has 0 aliphatic carbocycles. The van der Waals surface area contributed by atoms with Crippen molar-refractivity contribution >= 4 is 11.7 Å². The molecule has 110 valence electrons. The minimum absolute atomic E-state index is 0.00115. The fraction of sp³-hybridized carbons (Fsp3) is 0.133. The number of alkyl halides is 2.